The molecule has 2 N–H and O–H groups in total. The van der Waals surface area contributed by atoms with Crippen LogP contribution in [-0.2, 0) is 19.1 Å². The van der Waals surface area contributed by atoms with E-state index in [1.54, 1.807) is 48.5 Å². The fourth-order valence-electron chi connectivity index (χ4n) is 3.92. The number of thioether (sulfide) groups is 2. The van der Waals surface area contributed by atoms with E-state index in [9.17, 15) is 35.9 Å². The molecule has 0 fully saturated rings. The van der Waals surface area contributed by atoms with Gasteiger partial charge in [0.1, 0.15) is 9.81 Å². The average molecular weight is 900 g/mol. The van der Waals surface area contributed by atoms with Gasteiger partial charge in [-0.2, -0.15) is 26.3 Å². The van der Waals surface area contributed by atoms with Crippen LogP contribution in [0.15, 0.2) is 74.3 Å². The highest BCUT2D eigenvalue weighted by Crippen LogP contribution is 2.38. The van der Waals surface area contributed by atoms with Crippen LogP contribution in [0.4, 0.5) is 37.7 Å². The van der Waals surface area contributed by atoms with Gasteiger partial charge >= 0.3 is 12.4 Å². The highest BCUT2D eigenvalue weighted by atomic mass is 79.9. The Bertz CT molecular complexity index is 1650. The average Bonchev–Trinajstić information content (AvgIpc) is 3.10. The Morgan fingerprint density at radius 3 is 1.71 bits per heavy atom. The molecule has 4 rings (SSSR count). The summed E-state index contributed by atoms with van der Waals surface area (Å²) < 4.78 is 87.3. The molecule has 2 heterocycles. The zero-order valence-electron chi connectivity index (χ0n) is 28.2. The van der Waals surface area contributed by atoms with Crippen LogP contribution in [-0.4, -0.2) is 48.9 Å². The van der Waals surface area contributed by atoms with E-state index in [-0.39, 0.29) is 30.2 Å². The van der Waals surface area contributed by atoms with Gasteiger partial charge in [-0.05, 0) is 53.0 Å². The molecule has 0 radical (unpaired) electrons. The number of benzene rings is 2. The van der Waals surface area contributed by atoms with Gasteiger partial charge < -0.3 is 37.1 Å². The number of hydrogen-bond acceptors (Lipinski definition) is 6. The lowest BCUT2D eigenvalue weighted by Crippen LogP contribution is -3.00. The summed E-state index contributed by atoms with van der Waals surface area (Å²) in [5.74, 6) is 5.02. The minimum absolute atomic E-state index is 0. The summed E-state index contributed by atoms with van der Waals surface area (Å²) in [7, 11) is 0. The van der Waals surface area contributed by atoms with Gasteiger partial charge in [0, 0.05) is 34.4 Å². The fourth-order valence-corrected chi connectivity index (χ4v) is 6.02. The highest BCUT2D eigenvalue weighted by Gasteiger charge is 2.43. The monoisotopic (exact) mass is 897 g/mol. The first-order chi connectivity index (χ1) is 24.2. The number of allylic oxidation sites excluding steroid dienone is 2. The van der Waals surface area contributed by atoms with Gasteiger partial charge in [-0.1, -0.05) is 62.8 Å². The number of anilines is 2. The zero-order valence-corrected chi connectivity index (χ0v) is 33.0. The van der Waals surface area contributed by atoms with Crippen molar-refractivity contribution in [3.05, 3.63) is 79.9 Å². The van der Waals surface area contributed by atoms with Gasteiger partial charge in [-0.3, -0.25) is 9.59 Å². The molecular formula is C36H37Br2F6N2O4S2-. The molecule has 2 aromatic carbocycles. The maximum Gasteiger partial charge on any atom is 0.450 e. The third kappa shape index (κ3) is 16.2. The van der Waals surface area contributed by atoms with Crippen LogP contribution < -0.4 is 27.6 Å². The van der Waals surface area contributed by atoms with E-state index in [0.717, 1.165) is 49.2 Å². The Kier molecular flexibility index (Phi) is 21.8. The fraction of sp³-hybridized carbons (Fsp3) is 0.389. The van der Waals surface area contributed by atoms with Crippen LogP contribution >= 0.6 is 39.5 Å². The van der Waals surface area contributed by atoms with E-state index in [1.165, 1.54) is 12.8 Å². The second-order valence-electron chi connectivity index (χ2n) is 10.4. The number of hydrogen-bond donors (Lipinski definition) is 2. The lowest BCUT2D eigenvalue weighted by Gasteiger charge is -2.22. The second-order valence-corrected chi connectivity index (χ2v) is 13.4. The van der Waals surface area contributed by atoms with E-state index in [0.29, 0.717) is 32.9 Å². The zero-order chi connectivity index (χ0) is 37.9. The van der Waals surface area contributed by atoms with Crippen molar-refractivity contribution >= 4 is 62.6 Å². The largest absolute Gasteiger partial charge is 1.00 e. The standard InChI is InChI=1S/C18H18F3NO2S.C12H9BrF3NO2S.C6H10.BrH/c1-2-3-4-5-8-13-9-6-7-10-14(13)22-17(23)15-16(18(19,20)21)24-11-12-25-15;13-7-3-1-2-4-8(7)17-11(18)9-10(12(14,15)16)19-5-6-20-9;1-3-5-6-4-2;/h6-7,9-10H,2-4,11-12H2,1H3,(H,22,23);1-4H,5-6H2,(H,17,18);1H,4-6H2,2H3;1H/p-1. The quantitative estimate of drug-likeness (QED) is 0.163. The van der Waals surface area contributed by atoms with E-state index >= 15 is 0 Å². The smallest absolute Gasteiger partial charge is 0.450 e. The van der Waals surface area contributed by atoms with Crippen molar-refractivity contribution in [1.29, 1.82) is 0 Å². The lowest BCUT2D eigenvalue weighted by atomic mass is 10.1. The van der Waals surface area contributed by atoms with Gasteiger partial charge in [0.25, 0.3) is 11.8 Å². The van der Waals surface area contributed by atoms with Crippen LogP contribution in [0.3, 0.4) is 0 Å². The van der Waals surface area contributed by atoms with Crippen LogP contribution in [0.2, 0.25) is 0 Å². The predicted octanol–water partition coefficient (Wildman–Crippen LogP) is 7.44. The Balaban J connectivity index is 0.000000449. The summed E-state index contributed by atoms with van der Waals surface area (Å²) in [6.45, 7) is 4.06. The van der Waals surface area contributed by atoms with Crippen molar-refractivity contribution in [3.8, 4) is 24.2 Å². The third-order valence-electron chi connectivity index (χ3n) is 6.34. The number of para-hydroxylation sites is 2. The summed E-state index contributed by atoms with van der Waals surface area (Å²) >= 11 is 4.89. The van der Waals surface area contributed by atoms with Gasteiger partial charge in [-0.15, -0.1) is 35.9 Å². The number of terminal acetylenes is 1. The predicted molar refractivity (Wildman–Crippen MR) is 196 cm³/mol. The first kappa shape index (κ1) is 46.8. The molecule has 52 heavy (non-hydrogen) atoms. The first-order valence-corrected chi connectivity index (χ1v) is 18.5. The molecule has 0 bridgehead atoms. The van der Waals surface area contributed by atoms with E-state index < -0.39 is 45.5 Å². The number of halogens is 8. The van der Waals surface area contributed by atoms with Gasteiger partial charge in [0.05, 0.1) is 24.6 Å². The molecule has 2 aromatic rings. The van der Waals surface area contributed by atoms with Crippen molar-refractivity contribution in [2.24, 2.45) is 0 Å². The van der Waals surface area contributed by atoms with E-state index in [4.69, 9.17) is 6.42 Å². The summed E-state index contributed by atoms with van der Waals surface area (Å²) in [5.41, 5.74) is 1.36. The minimum Gasteiger partial charge on any atom is -1.00 e. The number of carbonyl (C=O) groups is 2. The third-order valence-corrected chi connectivity index (χ3v) is 9.09. The molecule has 6 nitrogen and oxygen atoms in total. The number of alkyl halides is 6. The summed E-state index contributed by atoms with van der Waals surface area (Å²) in [5, 5.41) is 4.96. The molecule has 0 atom stereocenters. The number of amides is 2. The minimum atomic E-state index is -4.69. The van der Waals surface area contributed by atoms with Crippen LogP contribution in [0.5, 0.6) is 0 Å². The van der Waals surface area contributed by atoms with E-state index in [1.807, 2.05) is 0 Å². The summed E-state index contributed by atoms with van der Waals surface area (Å²) in [6, 6.07) is 13.5. The van der Waals surface area contributed by atoms with Crippen molar-refractivity contribution in [3.63, 3.8) is 0 Å². The molecule has 0 saturated carbocycles. The van der Waals surface area contributed by atoms with Crippen LogP contribution in [0.1, 0.15) is 57.9 Å². The molecule has 0 aromatic heterocycles. The molecule has 2 aliphatic rings. The Hall–Kier alpha value is -3.18. The molecule has 2 amide bonds. The molecular weight excluding hydrogens is 862 g/mol. The maximum atomic E-state index is 13.0. The van der Waals surface area contributed by atoms with Crippen molar-refractivity contribution in [2.45, 2.75) is 64.7 Å². The summed E-state index contributed by atoms with van der Waals surface area (Å²) in [6.07, 6.45) is 1.65. The number of ether oxygens (including phenoxy) is 2. The topological polar surface area (TPSA) is 76.7 Å². The number of unbranched alkanes of at least 4 members (excludes halogenated alkanes) is 4. The molecule has 0 saturated heterocycles. The first-order valence-electron chi connectivity index (χ1n) is 15.8. The van der Waals surface area contributed by atoms with Crippen molar-refractivity contribution in [1.82, 2.24) is 0 Å². The summed E-state index contributed by atoms with van der Waals surface area (Å²) in [4.78, 5) is 23.4. The van der Waals surface area contributed by atoms with Gasteiger partial charge in [0.2, 0.25) is 11.5 Å². The molecule has 0 spiro atoms. The maximum absolute atomic E-state index is 13.0. The molecule has 2 aliphatic heterocycles. The van der Waals surface area contributed by atoms with Crippen LogP contribution in [0.25, 0.3) is 0 Å². The van der Waals surface area contributed by atoms with Gasteiger partial charge in [-0.25, -0.2) is 0 Å². The van der Waals surface area contributed by atoms with Crippen molar-refractivity contribution < 1.29 is 62.4 Å². The molecule has 16 heteroatoms. The number of nitrogens with one attached hydrogen (secondary N) is 2. The SMILES string of the molecule is C#CCCCC.CCCCC#Cc1ccccc1NC(=O)C1=C(C(F)(F)F)OCCS1.O=C(Nc1ccccc1Br)C1=C(C(F)(F)F)OCCS1.[Br-]. The molecule has 0 aliphatic carbocycles. The Morgan fingerprint density at radius 1 is 0.788 bits per heavy atom. The van der Waals surface area contributed by atoms with Crippen LogP contribution in [0, 0.1) is 24.2 Å². The normalized spacial score (nSPS) is 13.8. The molecule has 284 valence electrons. The molecule has 0 unspecified atom stereocenters. The van der Waals surface area contributed by atoms with Crippen molar-refractivity contribution in [2.75, 3.05) is 35.4 Å². The Labute approximate surface area is 327 Å². The number of rotatable bonds is 8. The second kappa shape index (κ2) is 24.2. The Morgan fingerprint density at radius 2 is 1.25 bits per heavy atom. The highest BCUT2D eigenvalue weighted by molar-refractivity contribution is 9.10. The van der Waals surface area contributed by atoms with E-state index in [2.05, 4.69) is 67.6 Å². The number of carbonyl (C=O) groups excluding carboxylic acids is 2. The van der Waals surface area contributed by atoms with Gasteiger partial charge in [0.15, 0.2) is 0 Å². The lowest BCUT2D eigenvalue weighted by molar-refractivity contribution is -0.133.